The van der Waals surface area contributed by atoms with Crippen LogP contribution in [0.4, 0.5) is 13.2 Å². The second kappa shape index (κ2) is 9.95. The number of nitrogens with zero attached hydrogens (tertiary/aromatic N) is 3. The van der Waals surface area contributed by atoms with Crippen molar-refractivity contribution < 1.29 is 27.4 Å². The molecule has 0 radical (unpaired) electrons. The third-order valence-corrected chi connectivity index (χ3v) is 5.00. The average molecular weight is 468 g/mol. The van der Waals surface area contributed by atoms with E-state index < -0.39 is 18.6 Å². The Labute approximate surface area is 188 Å². The van der Waals surface area contributed by atoms with Crippen molar-refractivity contribution in [2.45, 2.75) is 25.9 Å². The summed E-state index contributed by atoms with van der Waals surface area (Å²) in [5.41, 5.74) is 1.09. The van der Waals surface area contributed by atoms with Crippen molar-refractivity contribution in [1.82, 2.24) is 14.5 Å². The van der Waals surface area contributed by atoms with Gasteiger partial charge < -0.3 is 18.9 Å². The summed E-state index contributed by atoms with van der Waals surface area (Å²) in [6, 6.07) is 11.9. The van der Waals surface area contributed by atoms with E-state index in [2.05, 4.69) is 4.98 Å². The van der Waals surface area contributed by atoms with Crippen LogP contribution in [-0.2, 0) is 19.7 Å². The summed E-state index contributed by atoms with van der Waals surface area (Å²) in [7, 11) is 2.94. The lowest BCUT2D eigenvalue weighted by Crippen LogP contribution is -2.29. The standard InChI is InChI=1S/C22H21ClF3N3O3/c1-28(12-20-27-9-10-29(20)14-22(24,25)26)21(30)15-7-8-18(19(11-15)31-2)32-13-16-5-3-4-6-17(16)23/h3-11H,12-14H2,1-2H3. The van der Waals surface area contributed by atoms with Gasteiger partial charge >= 0.3 is 6.18 Å². The summed E-state index contributed by atoms with van der Waals surface area (Å²) in [6.07, 6.45) is -1.88. The lowest BCUT2D eigenvalue weighted by Gasteiger charge is -2.19. The number of ether oxygens (including phenoxy) is 2. The number of hydrogen-bond acceptors (Lipinski definition) is 4. The fourth-order valence-corrected chi connectivity index (χ4v) is 3.21. The molecule has 0 atom stereocenters. The number of halogens is 4. The number of hydrogen-bond donors (Lipinski definition) is 0. The van der Waals surface area contributed by atoms with Gasteiger partial charge in [-0.3, -0.25) is 4.79 Å². The minimum Gasteiger partial charge on any atom is -0.493 e. The fourth-order valence-electron chi connectivity index (χ4n) is 3.02. The van der Waals surface area contributed by atoms with E-state index in [0.29, 0.717) is 22.1 Å². The van der Waals surface area contributed by atoms with E-state index in [1.165, 1.54) is 37.5 Å². The van der Waals surface area contributed by atoms with E-state index >= 15 is 0 Å². The molecule has 0 aliphatic rings. The number of imidazole rings is 1. The van der Waals surface area contributed by atoms with Crippen LogP contribution in [0.3, 0.4) is 0 Å². The molecule has 170 valence electrons. The Kier molecular flexibility index (Phi) is 7.29. The van der Waals surface area contributed by atoms with Crippen LogP contribution < -0.4 is 9.47 Å². The lowest BCUT2D eigenvalue weighted by atomic mass is 10.1. The average Bonchev–Trinajstić information content (AvgIpc) is 3.17. The molecule has 2 aromatic carbocycles. The second-order valence-electron chi connectivity index (χ2n) is 6.99. The Balaban J connectivity index is 1.70. The van der Waals surface area contributed by atoms with E-state index in [-0.39, 0.29) is 19.0 Å². The van der Waals surface area contributed by atoms with Crippen LogP contribution in [0.2, 0.25) is 5.02 Å². The maximum absolute atomic E-state index is 12.8. The van der Waals surface area contributed by atoms with Crippen molar-refractivity contribution in [2.24, 2.45) is 0 Å². The molecule has 0 bridgehead atoms. The zero-order chi connectivity index (χ0) is 23.3. The highest BCUT2D eigenvalue weighted by Crippen LogP contribution is 2.30. The summed E-state index contributed by atoms with van der Waals surface area (Å²) in [5.74, 6) is 0.495. The Hall–Kier alpha value is -3.20. The number of aromatic nitrogens is 2. The monoisotopic (exact) mass is 467 g/mol. The van der Waals surface area contributed by atoms with Crippen LogP contribution in [0.5, 0.6) is 11.5 Å². The Morgan fingerprint density at radius 1 is 1.19 bits per heavy atom. The first kappa shape index (κ1) is 23.5. The van der Waals surface area contributed by atoms with Crippen LogP contribution >= 0.6 is 11.6 Å². The quantitative estimate of drug-likeness (QED) is 0.470. The van der Waals surface area contributed by atoms with Gasteiger partial charge in [0, 0.05) is 35.6 Å². The van der Waals surface area contributed by atoms with Crippen molar-refractivity contribution in [1.29, 1.82) is 0 Å². The van der Waals surface area contributed by atoms with Crippen molar-refractivity contribution in [3.63, 3.8) is 0 Å². The van der Waals surface area contributed by atoms with E-state index in [0.717, 1.165) is 10.1 Å². The largest absolute Gasteiger partial charge is 0.493 e. The summed E-state index contributed by atoms with van der Waals surface area (Å²) in [4.78, 5) is 18.0. The zero-order valence-corrected chi connectivity index (χ0v) is 18.2. The van der Waals surface area contributed by atoms with Gasteiger partial charge in [-0.15, -0.1) is 0 Å². The third kappa shape index (κ3) is 5.94. The molecule has 1 heterocycles. The van der Waals surface area contributed by atoms with Crippen molar-refractivity contribution in [2.75, 3.05) is 14.2 Å². The van der Waals surface area contributed by atoms with E-state index in [4.69, 9.17) is 21.1 Å². The van der Waals surface area contributed by atoms with Gasteiger partial charge in [0.15, 0.2) is 11.5 Å². The number of alkyl halides is 3. The van der Waals surface area contributed by atoms with Crippen molar-refractivity contribution in [3.8, 4) is 11.5 Å². The van der Waals surface area contributed by atoms with Gasteiger partial charge in [0.05, 0.1) is 13.7 Å². The normalized spacial score (nSPS) is 11.3. The SMILES string of the molecule is COc1cc(C(=O)N(C)Cc2nccn2CC(F)(F)F)ccc1OCc1ccccc1Cl. The highest BCUT2D eigenvalue weighted by Gasteiger charge is 2.29. The molecule has 1 amide bonds. The molecule has 32 heavy (non-hydrogen) atoms. The van der Waals surface area contributed by atoms with Crippen molar-refractivity contribution in [3.05, 3.63) is 76.8 Å². The first-order chi connectivity index (χ1) is 15.2. The van der Waals surface area contributed by atoms with Crippen LogP contribution in [-0.4, -0.2) is 40.7 Å². The summed E-state index contributed by atoms with van der Waals surface area (Å²) in [6.45, 7) is -1.05. The Bertz CT molecular complexity index is 1090. The third-order valence-electron chi connectivity index (χ3n) is 4.63. The number of rotatable bonds is 8. The van der Waals surface area contributed by atoms with E-state index in [1.807, 2.05) is 18.2 Å². The second-order valence-corrected chi connectivity index (χ2v) is 7.40. The van der Waals surface area contributed by atoms with Gasteiger partial charge in [0.1, 0.15) is 19.0 Å². The van der Waals surface area contributed by atoms with Gasteiger partial charge in [-0.1, -0.05) is 29.8 Å². The topological polar surface area (TPSA) is 56.6 Å². The van der Waals surface area contributed by atoms with Crippen LogP contribution in [0, 0.1) is 0 Å². The minimum atomic E-state index is -4.38. The summed E-state index contributed by atoms with van der Waals surface area (Å²) >= 11 is 6.14. The molecule has 0 spiro atoms. The number of carbonyl (C=O) groups is 1. The summed E-state index contributed by atoms with van der Waals surface area (Å²) in [5, 5.41) is 0.573. The predicted molar refractivity (Wildman–Crippen MR) is 113 cm³/mol. The molecule has 10 heteroatoms. The molecule has 0 saturated carbocycles. The Morgan fingerprint density at radius 2 is 1.94 bits per heavy atom. The molecule has 3 aromatic rings. The molecule has 1 aromatic heterocycles. The highest BCUT2D eigenvalue weighted by atomic mass is 35.5. The van der Waals surface area contributed by atoms with Gasteiger partial charge in [-0.2, -0.15) is 13.2 Å². The van der Waals surface area contributed by atoms with E-state index in [9.17, 15) is 18.0 Å². The summed E-state index contributed by atoms with van der Waals surface area (Å²) < 4.78 is 50.2. The molecule has 3 rings (SSSR count). The molecular weight excluding hydrogens is 447 g/mol. The highest BCUT2D eigenvalue weighted by molar-refractivity contribution is 6.31. The van der Waals surface area contributed by atoms with Gasteiger partial charge in [-0.05, 0) is 24.3 Å². The Morgan fingerprint density at radius 3 is 2.62 bits per heavy atom. The lowest BCUT2D eigenvalue weighted by molar-refractivity contribution is -0.141. The van der Waals surface area contributed by atoms with Crippen LogP contribution in [0.25, 0.3) is 0 Å². The van der Waals surface area contributed by atoms with E-state index in [1.54, 1.807) is 18.2 Å². The smallest absolute Gasteiger partial charge is 0.406 e. The maximum Gasteiger partial charge on any atom is 0.406 e. The molecule has 6 nitrogen and oxygen atoms in total. The number of methoxy groups -OCH3 is 1. The first-order valence-electron chi connectivity index (χ1n) is 9.54. The first-order valence-corrected chi connectivity index (χ1v) is 9.92. The minimum absolute atomic E-state index is 0.0883. The van der Waals surface area contributed by atoms with Gasteiger partial charge in [0.2, 0.25) is 0 Å². The molecule has 0 unspecified atom stereocenters. The molecule has 0 fully saturated rings. The van der Waals surface area contributed by atoms with Crippen molar-refractivity contribution >= 4 is 17.5 Å². The van der Waals surface area contributed by atoms with Crippen LogP contribution in [0.15, 0.2) is 54.9 Å². The molecule has 0 N–H and O–H groups in total. The predicted octanol–water partition coefficient (Wildman–Crippen LogP) is 4.96. The molecule has 0 aliphatic carbocycles. The fraction of sp³-hybridized carbons (Fsp3) is 0.273. The molecule has 0 saturated heterocycles. The molecule has 0 aliphatic heterocycles. The zero-order valence-electron chi connectivity index (χ0n) is 17.4. The number of benzene rings is 2. The number of carbonyl (C=O) groups excluding carboxylic acids is 1. The van der Waals surface area contributed by atoms with Gasteiger partial charge in [-0.25, -0.2) is 4.98 Å². The molecular formula is C22H21ClF3N3O3. The number of amides is 1. The van der Waals surface area contributed by atoms with Crippen LogP contribution in [0.1, 0.15) is 21.7 Å². The van der Waals surface area contributed by atoms with Gasteiger partial charge in [0.25, 0.3) is 5.91 Å². The maximum atomic E-state index is 12.8.